The van der Waals surface area contributed by atoms with Crippen molar-refractivity contribution in [3.8, 4) is 0 Å². The van der Waals surface area contributed by atoms with Crippen molar-refractivity contribution in [1.82, 2.24) is 0 Å². The van der Waals surface area contributed by atoms with Crippen LogP contribution in [0.2, 0.25) is 0 Å². The van der Waals surface area contributed by atoms with Gasteiger partial charge in [-0.05, 0) is 105 Å². The first-order chi connectivity index (χ1) is 45.0. The van der Waals surface area contributed by atoms with Crippen molar-refractivity contribution >= 4 is 5.97 Å². The number of aliphatic hydroxyl groups excluding tert-OH is 18. The van der Waals surface area contributed by atoms with Gasteiger partial charge in [-0.15, -0.1) is 0 Å². The van der Waals surface area contributed by atoms with E-state index in [2.05, 4.69) is 40.7 Å². The van der Waals surface area contributed by atoms with Gasteiger partial charge >= 0.3 is 5.97 Å². The standard InChI is InChI=1S/C64H104O32/c1-24-35(71)47(93-53-43(79)39(75)36(72)29(18-65)89-53)48(94-52-45(81)41(77)46(25(2)88-52)92-51-42(78)38(74)31(20-85-51)91-56-49(82)63(84,22-68)23-86-56)55(87-24)96-57(83)64-14-13-58(3,4)15-27(64)26-9-10-33-59(5)16-28(69)50(95-54-44(80)40(76)37(73)30(19-66)90-54)60(6,21-67)32(59)11-12-61(33,7)62(26,8)17-34(64)70/h9,24-25,27-56,65-82,84H,10-23H2,1-8H3/t24-,25-,27+,28+,29-,30-,31-,32-,33-,34-,35+,36-,37-,38+,39+,40+,41-,42-,43-,44-,45+,46-,47+,48-,49+,50+,51+,52+,53+,54+,55+,56+,59+,60+,61-,62-,63-,64-/m1/s1. The Bertz CT molecular complexity index is 2730. The van der Waals surface area contributed by atoms with Crippen LogP contribution in [-0.4, -0.2) is 326 Å². The number of fused-ring (bicyclic) bond motifs is 7. The van der Waals surface area contributed by atoms with Crippen LogP contribution >= 0.6 is 0 Å². The third kappa shape index (κ3) is 12.3. The van der Waals surface area contributed by atoms with E-state index in [1.54, 1.807) is 6.92 Å². The van der Waals surface area contributed by atoms with Crippen LogP contribution in [0.25, 0.3) is 0 Å². The summed E-state index contributed by atoms with van der Waals surface area (Å²) in [5, 5.41) is 211. The van der Waals surface area contributed by atoms with Crippen LogP contribution in [-0.2, 0) is 61.6 Å². The van der Waals surface area contributed by atoms with E-state index >= 15 is 4.79 Å². The summed E-state index contributed by atoms with van der Waals surface area (Å²) in [5.41, 5.74) is -6.63. The predicted octanol–water partition coefficient (Wildman–Crippen LogP) is -6.14. The number of aliphatic hydroxyl groups is 19. The van der Waals surface area contributed by atoms with E-state index in [-0.39, 0.29) is 31.1 Å². The lowest BCUT2D eigenvalue weighted by atomic mass is 9.33. The number of hydrogen-bond acceptors (Lipinski definition) is 32. The normalized spacial score (nSPS) is 55.8. The summed E-state index contributed by atoms with van der Waals surface area (Å²) >= 11 is 0. The molecular weight excluding hydrogens is 1280 g/mol. The van der Waals surface area contributed by atoms with E-state index in [1.165, 1.54) is 13.8 Å². The Morgan fingerprint density at radius 2 is 1.11 bits per heavy atom. The Morgan fingerprint density at radius 1 is 0.542 bits per heavy atom. The summed E-state index contributed by atoms with van der Waals surface area (Å²) < 4.78 is 72.0. The Kier molecular flexibility index (Phi) is 21.6. The second-order valence-electron chi connectivity index (χ2n) is 31.2. The summed E-state index contributed by atoms with van der Waals surface area (Å²) in [5.74, 6) is -2.17. The molecule has 6 saturated heterocycles. The Morgan fingerprint density at radius 3 is 1.72 bits per heavy atom. The van der Waals surface area contributed by atoms with Gasteiger partial charge in [-0.3, -0.25) is 4.79 Å². The first-order valence-corrected chi connectivity index (χ1v) is 33.7. The van der Waals surface area contributed by atoms with Crippen molar-refractivity contribution in [1.29, 1.82) is 0 Å². The summed E-state index contributed by atoms with van der Waals surface area (Å²) in [7, 11) is 0. The highest BCUT2D eigenvalue weighted by Gasteiger charge is 2.74. The maximum Gasteiger partial charge on any atom is 0.317 e. The van der Waals surface area contributed by atoms with E-state index < -0.39 is 268 Å². The van der Waals surface area contributed by atoms with Crippen LogP contribution < -0.4 is 0 Å². The first kappa shape index (κ1) is 75.2. The van der Waals surface area contributed by atoms with Crippen molar-refractivity contribution in [3.05, 3.63) is 11.6 Å². The molecule has 0 amide bonds. The van der Waals surface area contributed by atoms with Gasteiger partial charge in [-0.2, -0.15) is 0 Å². The molecule has 552 valence electrons. The smallest absolute Gasteiger partial charge is 0.317 e. The molecule has 4 saturated carbocycles. The quantitative estimate of drug-likeness (QED) is 0.0388. The molecule has 38 atom stereocenters. The second-order valence-corrected chi connectivity index (χ2v) is 31.2. The van der Waals surface area contributed by atoms with Gasteiger partial charge < -0.3 is 154 Å². The molecule has 0 aromatic heterocycles. The molecule has 0 unspecified atom stereocenters. The average molecular weight is 1390 g/mol. The topological polar surface area (TPSA) is 512 Å². The number of hydrogen-bond donors (Lipinski definition) is 19. The van der Waals surface area contributed by atoms with E-state index in [4.69, 9.17) is 56.8 Å². The number of rotatable bonds is 16. The van der Waals surface area contributed by atoms with Gasteiger partial charge in [-0.25, -0.2) is 0 Å². The van der Waals surface area contributed by atoms with E-state index in [0.29, 0.717) is 32.1 Å². The van der Waals surface area contributed by atoms with Gasteiger partial charge in [0.1, 0.15) is 115 Å². The van der Waals surface area contributed by atoms with Gasteiger partial charge in [0.05, 0.1) is 70.2 Å². The monoisotopic (exact) mass is 1380 g/mol. The van der Waals surface area contributed by atoms with Gasteiger partial charge in [0, 0.05) is 5.41 Å². The van der Waals surface area contributed by atoms with Crippen molar-refractivity contribution in [2.45, 2.75) is 290 Å². The summed E-state index contributed by atoms with van der Waals surface area (Å²) in [6.07, 6.45) is -44.4. The van der Waals surface area contributed by atoms with Crippen LogP contribution in [0, 0.1) is 50.2 Å². The average Bonchev–Trinajstić information content (AvgIpc) is 0.743. The van der Waals surface area contributed by atoms with Gasteiger partial charge in [0.25, 0.3) is 0 Å². The third-order valence-corrected chi connectivity index (χ3v) is 25.0. The summed E-state index contributed by atoms with van der Waals surface area (Å²) in [4.78, 5) is 16.0. The lowest BCUT2D eigenvalue weighted by Crippen LogP contribution is -2.70. The van der Waals surface area contributed by atoms with E-state index in [9.17, 15) is 97.0 Å². The van der Waals surface area contributed by atoms with Crippen LogP contribution in [0.15, 0.2) is 11.6 Å². The molecule has 0 radical (unpaired) electrons. The molecule has 32 nitrogen and oxygen atoms in total. The molecule has 11 rings (SSSR count). The number of carbonyl (C=O) groups excluding carboxylic acids is 1. The van der Waals surface area contributed by atoms with E-state index in [1.807, 2.05) is 0 Å². The molecule has 96 heavy (non-hydrogen) atoms. The predicted molar refractivity (Wildman–Crippen MR) is 317 cm³/mol. The van der Waals surface area contributed by atoms with Crippen LogP contribution in [0.5, 0.6) is 0 Å². The highest BCUT2D eigenvalue weighted by atomic mass is 16.8. The van der Waals surface area contributed by atoms with E-state index in [0.717, 1.165) is 5.57 Å². The maximum atomic E-state index is 16.0. The lowest BCUT2D eigenvalue weighted by molar-refractivity contribution is -0.392. The lowest BCUT2D eigenvalue weighted by Gasteiger charge is -2.72. The second kappa shape index (κ2) is 27.6. The van der Waals surface area contributed by atoms with Crippen molar-refractivity contribution in [3.63, 3.8) is 0 Å². The van der Waals surface area contributed by atoms with Crippen LogP contribution in [0.4, 0.5) is 0 Å². The SMILES string of the molecule is C[C@H]1O[C@@H](OC(=O)[C@]23CCC(C)(C)C[C@H]2C2=CC[C@@H]4[C@@]5(C)C[C@H](O)[C@H](O[C@@H]6O[C@H](CO)[C@@H](O)[C@H](O)[C@H]6O)[C@@](C)(CO)[C@@H]5CC[C@@]4(C)[C@]2(C)C[C@H]3O)[C@H](O[C@@H]2O[C@H](C)[C@@H](O[C@@H]3OC[C@@H](O[C@@H]4OC[C@](O)(CO)[C@H]4O)[C@H](O)[C@H]3O)[C@H](O)[C@@H]2O)[C@@H](O[C@@H]2O[C@H](CO)[C@@H](O)[C@H](O)[C@H]2O)[C@H]1O. The molecule has 0 bridgehead atoms. The molecule has 0 aromatic carbocycles. The fourth-order valence-electron chi connectivity index (χ4n) is 19.0. The Balaban J connectivity index is 0.863. The zero-order valence-corrected chi connectivity index (χ0v) is 55.3. The Labute approximate surface area is 555 Å². The minimum absolute atomic E-state index is 0.0399. The van der Waals surface area contributed by atoms with Gasteiger partial charge in [-0.1, -0.05) is 53.2 Å². The molecule has 10 fully saturated rings. The Hall–Kier alpha value is -1.99. The van der Waals surface area contributed by atoms with Crippen LogP contribution in [0.3, 0.4) is 0 Å². The molecule has 19 N–H and O–H groups in total. The zero-order valence-electron chi connectivity index (χ0n) is 55.3. The van der Waals surface area contributed by atoms with Crippen molar-refractivity contribution < 1.29 is 159 Å². The fourth-order valence-corrected chi connectivity index (χ4v) is 19.0. The van der Waals surface area contributed by atoms with Crippen molar-refractivity contribution in [2.24, 2.45) is 50.2 Å². The third-order valence-electron chi connectivity index (χ3n) is 25.0. The molecule has 6 heterocycles. The molecule has 0 aromatic rings. The maximum absolute atomic E-state index is 16.0. The highest BCUT2D eigenvalue weighted by molar-refractivity contribution is 5.80. The largest absolute Gasteiger partial charge is 0.432 e. The highest BCUT2D eigenvalue weighted by Crippen LogP contribution is 2.76. The first-order valence-electron chi connectivity index (χ1n) is 33.7. The molecule has 11 aliphatic rings. The summed E-state index contributed by atoms with van der Waals surface area (Å²) in [6.45, 7) is 11.2. The molecular formula is C64H104O32. The minimum Gasteiger partial charge on any atom is -0.432 e. The molecule has 32 heteroatoms. The number of ether oxygens (including phenoxy) is 12. The van der Waals surface area contributed by atoms with Crippen LogP contribution in [0.1, 0.15) is 107 Å². The van der Waals surface area contributed by atoms with Gasteiger partial charge in [0.15, 0.2) is 37.6 Å². The zero-order chi connectivity index (χ0) is 70.2. The molecule has 5 aliphatic carbocycles. The number of esters is 1. The van der Waals surface area contributed by atoms with Crippen molar-refractivity contribution in [2.75, 3.05) is 39.6 Å². The molecule has 0 spiro atoms. The number of carbonyl (C=O) groups is 1. The van der Waals surface area contributed by atoms with Gasteiger partial charge in [0.2, 0.25) is 6.29 Å². The summed E-state index contributed by atoms with van der Waals surface area (Å²) in [6, 6.07) is 0. The number of allylic oxidation sites excluding steroid dienone is 2. The minimum atomic E-state index is -2.12. The molecule has 6 aliphatic heterocycles. The fraction of sp³-hybridized carbons (Fsp3) is 0.953.